The van der Waals surface area contributed by atoms with Gasteiger partial charge in [-0.15, -0.1) is 0 Å². The van der Waals surface area contributed by atoms with Crippen molar-refractivity contribution in [3.05, 3.63) is 33.4 Å². The van der Waals surface area contributed by atoms with Crippen LogP contribution in [0.4, 0.5) is 4.79 Å². The van der Waals surface area contributed by atoms with E-state index in [1.807, 2.05) is 6.92 Å². The van der Waals surface area contributed by atoms with E-state index in [9.17, 15) is 9.59 Å². The molecule has 1 aliphatic rings. The summed E-state index contributed by atoms with van der Waals surface area (Å²) in [7, 11) is 4.39. The third-order valence-electron chi connectivity index (χ3n) is 4.13. The molecule has 142 valence electrons. The number of urea groups is 1. The summed E-state index contributed by atoms with van der Waals surface area (Å²) in [5, 5.41) is 5.54. The Bertz CT molecular complexity index is 733. The monoisotopic (exact) mass is 426 g/mol. The molecule has 26 heavy (non-hydrogen) atoms. The zero-order valence-electron chi connectivity index (χ0n) is 15.3. The number of esters is 1. The van der Waals surface area contributed by atoms with E-state index >= 15 is 0 Å². The average Bonchev–Trinajstić information content (AvgIpc) is 2.64. The molecule has 1 aromatic rings. The molecule has 1 aromatic carbocycles. The largest absolute Gasteiger partial charge is 0.493 e. The molecule has 0 saturated carbocycles. The second kappa shape index (κ2) is 8.93. The van der Waals surface area contributed by atoms with Crippen molar-refractivity contribution in [2.24, 2.45) is 0 Å². The fourth-order valence-electron chi connectivity index (χ4n) is 2.87. The van der Waals surface area contributed by atoms with Gasteiger partial charge >= 0.3 is 12.0 Å². The Morgan fingerprint density at radius 1 is 1.23 bits per heavy atom. The first-order chi connectivity index (χ1) is 12.5. The first-order valence-corrected chi connectivity index (χ1v) is 9.06. The highest BCUT2D eigenvalue weighted by Crippen LogP contribution is 2.40. The number of rotatable bonds is 7. The van der Waals surface area contributed by atoms with Gasteiger partial charge in [0.2, 0.25) is 0 Å². The molecule has 0 fully saturated rings. The fourth-order valence-corrected chi connectivity index (χ4v) is 3.50. The van der Waals surface area contributed by atoms with Crippen LogP contribution in [-0.4, -0.2) is 33.3 Å². The number of unbranched alkanes of at least 4 members (excludes halogenated alkanes) is 1. The van der Waals surface area contributed by atoms with Crippen molar-refractivity contribution in [2.75, 3.05) is 21.3 Å². The summed E-state index contributed by atoms with van der Waals surface area (Å²) in [6.45, 7) is 2.05. The molecular formula is C18H23BrN2O5. The van der Waals surface area contributed by atoms with Crippen LogP contribution in [0, 0.1) is 0 Å². The maximum Gasteiger partial charge on any atom is 0.337 e. The van der Waals surface area contributed by atoms with Crippen molar-refractivity contribution < 1.29 is 23.8 Å². The van der Waals surface area contributed by atoms with Gasteiger partial charge in [0.05, 0.1) is 37.4 Å². The van der Waals surface area contributed by atoms with Gasteiger partial charge in [-0.1, -0.05) is 13.3 Å². The zero-order valence-corrected chi connectivity index (χ0v) is 16.9. The molecule has 2 N–H and O–H groups in total. The van der Waals surface area contributed by atoms with Crippen LogP contribution in [0.25, 0.3) is 0 Å². The summed E-state index contributed by atoms with van der Waals surface area (Å²) in [6, 6.07) is 2.51. The van der Waals surface area contributed by atoms with E-state index in [1.54, 1.807) is 12.1 Å². The number of hydrogen-bond donors (Lipinski definition) is 2. The van der Waals surface area contributed by atoms with Gasteiger partial charge < -0.3 is 24.8 Å². The number of methoxy groups -OCH3 is 3. The van der Waals surface area contributed by atoms with Gasteiger partial charge in [-0.3, -0.25) is 0 Å². The van der Waals surface area contributed by atoms with Crippen LogP contribution in [0.5, 0.6) is 11.5 Å². The molecule has 1 atom stereocenters. The molecule has 8 heteroatoms. The first kappa shape index (κ1) is 20.1. The number of ether oxygens (including phenoxy) is 3. The Morgan fingerprint density at radius 3 is 2.54 bits per heavy atom. The van der Waals surface area contributed by atoms with E-state index in [2.05, 4.69) is 26.6 Å². The van der Waals surface area contributed by atoms with Crippen molar-refractivity contribution >= 4 is 27.9 Å². The molecule has 7 nitrogen and oxygen atoms in total. The SMILES string of the molecule is CCCCC1=C(C(=O)OC)C(c2cc(Br)c(OC)c(OC)c2)NC(=O)N1. The van der Waals surface area contributed by atoms with Gasteiger partial charge in [-0.25, -0.2) is 9.59 Å². The third kappa shape index (κ3) is 4.12. The quantitative estimate of drug-likeness (QED) is 0.652. The van der Waals surface area contributed by atoms with Crippen LogP contribution >= 0.6 is 15.9 Å². The van der Waals surface area contributed by atoms with E-state index < -0.39 is 12.0 Å². The average molecular weight is 427 g/mol. The number of allylic oxidation sites excluding steroid dienone is 1. The van der Waals surface area contributed by atoms with Crippen molar-refractivity contribution in [3.8, 4) is 11.5 Å². The Labute approximate surface area is 161 Å². The van der Waals surface area contributed by atoms with E-state index in [0.717, 1.165) is 12.8 Å². The van der Waals surface area contributed by atoms with Crippen molar-refractivity contribution in [3.63, 3.8) is 0 Å². The van der Waals surface area contributed by atoms with E-state index in [1.165, 1.54) is 21.3 Å². The minimum absolute atomic E-state index is 0.361. The molecule has 0 saturated heterocycles. The minimum Gasteiger partial charge on any atom is -0.493 e. The van der Waals surface area contributed by atoms with Gasteiger partial charge in [0.15, 0.2) is 11.5 Å². The Balaban J connectivity index is 2.59. The Morgan fingerprint density at radius 2 is 1.96 bits per heavy atom. The number of carbonyl (C=O) groups excluding carboxylic acids is 2. The maximum absolute atomic E-state index is 12.5. The number of benzene rings is 1. The molecule has 0 aliphatic carbocycles. The summed E-state index contributed by atoms with van der Waals surface area (Å²) in [6.07, 6.45) is 2.37. The lowest BCUT2D eigenvalue weighted by atomic mass is 9.93. The van der Waals surface area contributed by atoms with E-state index in [-0.39, 0.29) is 6.03 Å². The zero-order chi connectivity index (χ0) is 19.3. The number of carbonyl (C=O) groups is 2. The van der Waals surface area contributed by atoms with E-state index in [4.69, 9.17) is 14.2 Å². The molecule has 0 aromatic heterocycles. The van der Waals surface area contributed by atoms with Gasteiger partial charge in [-0.2, -0.15) is 0 Å². The molecule has 1 aliphatic heterocycles. The van der Waals surface area contributed by atoms with E-state index in [0.29, 0.717) is 39.2 Å². The van der Waals surface area contributed by atoms with Gasteiger partial charge in [-0.05, 0) is 46.5 Å². The predicted octanol–water partition coefficient (Wildman–Crippen LogP) is 3.44. The first-order valence-electron chi connectivity index (χ1n) is 8.27. The molecule has 2 amide bonds. The molecule has 0 bridgehead atoms. The van der Waals surface area contributed by atoms with Gasteiger partial charge in [0.25, 0.3) is 0 Å². The van der Waals surface area contributed by atoms with Crippen LogP contribution in [0.2, 0.25) is 0 Å². The van der Waals surface area contributed by atoms with Crippen LogP contribution in [0.3, 0.4) is 0 Å². The summed E-state index contributed by atoms with van der Waals surface area (Å²) >= 11 is 3.45. The lowest BCUT2D eigenvalue weighted by Crippen LogP contribution is -2.45. The highest BCUT2D eigenvalue weighted by molar-refractivity contribution is 9.10. The second-order valence-corrected chi connectivity index (χ2v) is 6.61. The molecule has 0 spiro atoms. The minimum atomic E-state index is -0.654. The standard InChI is InChI=1S/C18H23BrN2O5/c1-5-6-7-12-14(17(22)26-4)15(21-18(23)20-12)10-8-11(19)16(25-3)13(9-10)24-2/h8-9,15H,5-7H2,1-4H3,(H2,20,21,23). The number of halogens is 1. The summed E-state index contributed by atoms with van der Waals surface area (Å²) < 4.78 is 16.3. The van der Waals surface area contributed by atoms with Crippen molar-refractivity contribution in [1.82, 2.24) is 10.6 Å². The molecular weight excluding hydrogens is 404 g/mol. The summed E-state index contributed by atoms with van der Waals surface area (Å²) in [5.41, 5.74) is 1.65. The van der Waals surface area contributed by atoms with Gasteiger partial charge in [0, 0.05) is 5.70 Å². The Hall–Kier alpha value is -2.22. The lowest BCUT2D eigenvalue weighted by Gasteiger charge is -2.29. The number of amides is 2. The molecule has 1 heterocycles. The maximum atomic E-state index is 12.5. The smallest absolute Gasteiger partial charge is 0.337 e. The third-order valence-corrected chi connectivity index (χ3v) is 4.72. The van der Waals surface area contributed by atoms with Gasteiger partial charge in [0.1, 0.15) is 0 Å². The fraction of sp³-hybridized carbons (Fsp3) is 0.444. The topological polar surface area (TPSA) is 85.9 Å². The predicted molar refractivity (Wildman–Crippen MR) is 100 cm³/mol. The van der Waals surface area contributed by atoms with Crippen LogP contribution < -0.4 is 20.1 Å². The number of nitrogens with one attached hydrogen (secondary N) is 2. The molecule has 0 radical (unpaired) electrons. The molecule has 2 rings (SSSR count). The normalized spacial score (nSPS) is 16.7. The summed E-state index contributed by atoms with van der Waals surface area (Å²) in [5.74, 6) is 0.537. The highest BCUT2D eigenvalue weighted by Gasteiger charge is 2.34. The van der Waals surface area contributed by atoms with Crippen LogP contribution in [0.15, 0.2) is 27.9 Å². The van der Waals surface area contributed by atoms with Crippen molar-refractivity contribution in [2.45, 2.75) is 32.2 Å². The lowest BCUT2D eigenvalue weighted by molar-refractivity contribution is -0.136. The highest BCUT2D eigenvalue weighted by atomic mass is 79.9. The Kier molecular flexibility index (Phi) is 6.90. The second-order valence-electron chi connectivity index (χ2n) is 5.76. The van der Waals surface area contributed by atoms with Crippen LogP contribution in [0.1, 0.15) is 37.8 Å². The van der Waals surface area contributed by atoms with Crippen LogP contribution in [-0.2, 0) is 9.53 Å². The summed E-state index contributed by atoms with van der Waals surface area (Å²) in [4.78, 5) is 24.6. The molecule has 1 unspecified atom stereocenters. The number of hydrogen-bond acceptors (Lipinski definition) is 5. The van der Waals surface area contributed by atoms with Crippen molar-refractivity contribution in [1.29, 1.82) is 0 Å².